The van der Waals surface area contributed by atoms with Crippen LogP contribution in [0.3, 0.4) is 0 Å². The molecule has 5 heteroatoms. The number of hydrogen-bond donors (Lipinski definition) is 1. The summed E-state index contributed by atoms with van der Waals surface area (Å²) in [5.74, 6) is -3.00. The molecule has 2 bridgehead atoms. The predicted molar refractivity (Wildman–Crippen MR) is 73.2 cm³/mol. The van der Waals surface area contributed by atoms with Crippen LogP contribution in [-0.2, 0) is 6.42 Å². The molecule has 2 atom stereocenters. The summed E-state index contributed by atoms with van der Waals surface area (Å²) in [5, 5.41) is 11.4. The van der Waals surface area contributed by atoms with E-state index in [2.05, 4.69) is 0 Å². The van der Waals surface area contributed by atoms with E-state index >= 15 is 0 Å². The highest BCUT2D eigenvalue weighted by Crippen LogP contribution is 2.46. The maximum Gasteiger partial charge on any atom is 0.165 e. The largest absolute Gasteiger partial charge is 0.389 e. The zero-order chi connectivity index (χ0) is 14.3. The van der Waals surface area contributed by atoms with E-state index in [0.29, 0.717) is 23.3 Å². The molecule has 2 aliphatic heterocycles. The number of fused-ring (bicyclic) bond motifs is 2. The van der Waals surface area contributed by atoms with Crippen molar-refractivity contribution in [2.45, 2.75) is 54.6 Å². The van der Waals surface area contributed by atoms with Crippen LogP contribution in [0, 0.1) is 17.5 Å². The third-order valence-corrected chi connectivity index (χ3v) is 5.87. The predicted octanol–water partition coefficient (Wildman–Crippen LogP) is 3.83. The Bertz CT molecular complexity index is 508. The van der Waals surface area contributed by atoms with Gasteiger partial charge < -0.3 is 5.11 Å². The van der Waals surface area contributed by atoms with Crippen LogP contribution in [0.15, 0.2) is 12.1 Å². The zero-order valence-electron chi connectivity index (χ0n) is 11.0. The average molecular weight is 302 g/mol. The highest BCUT2D eigenvalue weighted by Gasteiger charge is 2.42. The van der Waals surface area contributed by atoms with Crippen LogP contribution in [0.1, 0.15) is 37.7 Å². The molecule has 1 aromatic rings. The molecule has 1 nitrogen and oxygen atoms in total. The van der Waals surface area contributed by atoms with Gasteiger partial charge in [0, 0.05) is 22.5 Å². The molecular formula is C15H17F3OS. The summed E-state index contributed by atoms with van der Waals surface area (Å²) >= 11 is 1.88. The summed E-state index contributed by atoms with van der Waals surface area (Å²) < 4.78 is 40.7. The number of thioether (sulfide) groups is 1. The maximum absolute atomic E-state index is 13.7. The lowest BCUT2D eigenvalue weighted by Crippen LogP contribution is -2.44. The van der Waals surface area contributed by atoms with Crippen molar-refractivity contribution in [2.24, 2.45) is 0 Å². The molecule has 0 radical (unpaired) electrons. The van der Waals surface area contributed by atoms with E-state index in [0.717, 1.165) is 31.4 Å². The molecule has 2 unspecified atom stereocenters. The van der Waals surface area contributed by atoms with Crippen molar-refractivity contribution in [1.82, 2.24) is 0 Å². The summed E-state index contributed by atoms with van der Waals surface area (Å²) in [5.41, 5.74) is -1.44. The molecule has 2 saturated heterocycles. The van der Waals surface area contributed by atoms with Gasteiger partial charge in [-0.2, -0.15) is 11.8 Å². The van der Waals surface area contributed by atoms with Crippen molar-refractivity contribution in [1.29, 1.82) is 0 Å². The van der Waals surface area contributed by atoms with Gasteiger partial charge in [-0.1, -0.05) is 6.42 Å². The van der Waals surface area contributed by atoms with Gasteiger partial charge in [0.05, 0.1) is 5.60 Å². The summed E-state index contributed by atoms with van der Waals surface area (Å²) in [6.45, 7) is 0. The molecule has 2 fully saturated rings. The van der Waals surface area contributed by atoms with Gasteiger partial charge in [-0.3, -0.25) is 0 Å². The summed E-state index contributed by atoms with van der Waals surface area (Å²) in [6.07, 6.45) is 4.15. The van der Waals surface area contributed by atoms with Crippen molar-refractivity contribution in [2.75, 3.05) is 0 Å². The van der Waals surface area contributed by atoms with Crippen molar-refractivity contribution in [3.8, 4) is 0 Å². The summed E-state index contributed by atoms with van der Waals surface area (Å²) in [6, 6.07) is 1.71. The average Bonchev–Trinajstić information content (AvgIpc) is 2.39. The molecule has 0 aromatic heterocycles. The van der Waals surface area contributed by atoms with E-state index in [-0.39, 0.29) is 12.0 Å². The molecule has 110 valence electrons. The van der Waals surface area contributed by atoms with Gasteiger partial charge >= 0.3 is 0 Å². The number of benzene rings is 1. The number of hydrogen-bond acceptors (Lipinski definition) is 2. The molecule has 1 N–H and O–H groups in total. The Labute approximate surface area is 120 Å². The molecular weight excluding hydrogens is 285 g/mol. The van der Waals surface area contributed by atoms with Crippen LogP contribution in [-0.4, -0.2) is 21.2 Å². The van der Waals surface area contributed by atoms with Crippen molar-refractivity contribution < 1.29 is 18.3 Å². The molecule has 2 aliphatic rings. The zero-order valence-corrected chi connectivity index (χ0v) is 11.9. The third kappa shape index (κ3) is 2.70. The molecule has 2 heterocycles. The van der Waals surface area contributed by atoms with E-state index in [4.69, 9.17) is 0 Å². The first-order chi connectivity index (χ1) is 9.47. The molecule has 1 aromatic carbocycles. The number of rotatable bonds is 2. The topological polar surface area (TPSA) is 20.2 Å². The van der Waals surface area contributed by atoms with Gasteiger partial charge in [0.25, 0.3) is 0 Å². The molecule has 0 spiro atoms. The Morgan fingerprint density at radius 2 is 1.70 bits per heavy atom. The number of halogens is 3. The van der Waals surface area contributed by atoms with E-state index in [1.54, 1.807) is 0 Å². The second-order valence-corrected chi connectivity index (χ2v) is 7.55. The molecule has 3 rings (SSSR count). The first kappa shape index (κ1) is 14.3. The molecule has 20 heavy (non-hydrogen) atoms. The minimum atomic E-state index is -1.16. The monoisotopic (exact) mass is 302 g/mol. The van der Waals surface area contributed by atoms with Gasteiger partial charge in [-0.05, 0) is 37.8 Å². The van der Waals surface area contributed by atoms with E-state index < -0.39 is 23.1 Å². The second kappa shape index (κ2) is 5.26. The van der Waals surface area contributed by atoms with E-state index in [9.17, 15) is 18.3 Å². The lowest BCUT2D eigenvalue weighted by molar-refractivity contribution is 0.0113. The fourth-order valence-corrected chi connectivity index (χ4v) is 5.38. The highest BCUT2D eigenvalue weighted by atomic mass is 32.2. The van der Waals surface area contributed by atoms with Crippen LogP contribution >= 0.6 is 11.8 Å². The Balaban J connectivity index is 1.85. The van der Waals surface area contributed by atoms with E-state index in [1.807, 2.05) is 11.8 Å². The smallest absolute Gasteiger partial charge is 0.165 e. The van der Waals surface area contributed by atoms with Gasteiger partial charge in [0.2, 0.25) is 0 Å². The first-order valence-electron chi connectivity index (χ1n) is 6.97. The van der Waals surface area contributed by atoms with Crippen LogP contribution in [0.4, 0.5) is 13.2 Å². The van der Waals surface area contributed by atoms with Crippen molar-refractivity contribution in [3.05, 3.63) is 35.1 Å². The van der Waals surface area contributed by atoms with Gasteiger partial charge in [0.15, 0.2) is 11.6 Å². The maximum atomic E-state index is 13.7. The third-order valence-electron chi connectivity index (χ3n) is 4.30. The Kier molecular flexibility index (Phi) is 3.75. The Hall–Kier alpha value is -0.680. The Morgan fingerprint density at radius 1 is 1.10 bits per heavy atom. The van der Waals surface area contributed by atoms with Gasteiger partial charge in [-0.25, -0.2) is 13.2 Å². The van der Waals surface area contributed by atoms with Crippen LogP contribution < -0.4 is 0 Å². The lowest BCUT2D eigenvalue weighted by atomic mass is 9.81. The lowest BCUT2D eigenvalue weighted by Gasteiger charge is -2.44. The molecule has 0 saturated carbocycles. The Morgan fingerprint density at radius 3 is 2.35 bits per heavy atom. The second-order valence-electron chi connectivity index (χ2n) is 5.94. The van der Waals surface area contributed by atoms with Crippen LogP contribution in [0.25, 0.3) is 0 Å². The van der Waals surface area contributed by atoms with Gasteiger partial charge in [-0.15, -0.1) is 0 Å². The van der Waals surface area contributed by atoms with Gasteiger partial charge in [0.1, 0.15) is 5.82 Å². The van der Waals surface area contributed by atoms with Crippen LogP contribution in [0.5, 0.6) is 0 Å². The SMILES string of the molecule is OC1(Cc2c(F)ccc(F)c2F)CC2CCCC(C1)S2. The summed E-state index contributed by atoms with van der Waals surface area (Å²) in [7, 11) is 0. The molecule has 0 aliphatic carbocycles. The minimum Gasteiger partial charge on any atom is -0.389 e. The summed E-state index contributed by atoms with van der Waals surface area (Å²) in [4.78, 5) is 0. The van der Waals surface area contributed by atoms with Crippen molar-refractivity contribution >= 4 is 11.8 Å². The minimum absolute atomic E-state index is 0.143. The van der Waals surface area contributed by atoms with Crippen molar-refractivity contribution in [3.63, 3.8) is 0 Å². The fourth-order valence-electron chi connectivity index (χ4n) is 3.42. The molecule has 0 amide bonds. The highest BCUT2D eigenvalue weighted by molar-refractivity contribution is 8.00. The standard InChI is InChI=1S/C15H17F3OS/c16-12-4-5-13(17)14(18)11(12)8-15(19)6-9-2-1-3-10(7-15)20-9/h4-5,9-10,19H,1-3,6-8H2. The number of aliphatic hydroxyl groups is 1. The first-order valence-corrected chi connectivity index (χ1v) is 7.91. The van der Waals surface area contributed by atoms with E-state index in [1.165, 1.54) is 0 Å². The quantitative estimate of drug-likeness (QED) is 0.838. The fraction of sp³-hybridized carbons (Fsp3) is 0.600. The van der Waals surface area contributed by atoms with Crippen LogP contribution in [0.2, 0.25) is 0 Å². The normalized spacial score (nSPS) is 33.2.